The second kappa shape index (κ2) is 7.17. The van der Waals surface area contributed by atoms with Gasteiger partial charge in [0.1, 0.15) is 12.4 Å². The standard InChI is InChI=1S/C12H14N4O3/c1-3-5-14(6-4-2)9-12(17)10-15-8-11(7-13-15)16(18)19/h1-2,7-8,12,17H,5-6,9-10H2. The topological polar surface area (TPSA) is 84.4 Å². The zero-order valence-corrected chi connectivity index (χ0v) is 10.3. The maximum atomic E-state index is 10.5. The van der Waals surface area contributed by atoms with E-state index in [1.54, 1.807) is 4.90 Å². The smallest absolute Gasteiger partial charge is 0.306 e. The highest BCUT2D eigenvalue weighted by atomic mass is 16.6. The number of rotatable bonds is 7. The van der Waals surface area contributed by atoms with Crippen LogP contribution in [0.4, 0.5) is 5.69 Å². The van der Waals surface area contributed by atoms with Crippen LogP contribution in [0.2, 0.25) is 0 Å². The molecular formula is C12H14N4O3. The average Bonchev–Trinajstić information content (AvgIpc) is 2.78. The van der Waals surface area contributed by atoms with Crippen LogP contribution >= 0.6 is 0 Å². The molecule has 1 aromatic rings. The van der Waals surface area contributed by atoms with E-state index in [1.807, 2.05) is 0 Å². The molecule has 0 radical (unpaired) electrons. The molecule has 7 heteroatoms. The Kier molecular flexibility index (Phi) is 5.55. The Balaban J connectivity index is 2.53. The molecule has 7 nitrogen and oxygen atoms in total. The molecule has 0 aliphatic heterocycles. The van der Waals surface area contributed by atoms with Gasteiger partial charge in [-0.05, 0) is 0 Å². The molecule has 1 rings (SSSR count). The molecule has 1 unspecified atom stereocenters. The third-order valence-electron chi connectivity index (χ3n) is 2.33. The van der Waals surface area contributed by atoms with Crippen LogP contribution in [-0.4, -0.2) is 50.4 Å². The van der Waals surface area contributed by atoms with Gasteiger partial charge in [-0.25, -0.2) is 0 Å². The first kappa shape index (κ1) is 14.7. The van der Waals surface area contributed by atoms with Gasteiger partial charge in [-0.3, -0.25) is 19.7 Å². The summed E-state index contributed by atoms with van der Waals surface area (Å²) in [5.41, 5.74) is -0.115. The van der Waals surface area contributed by atoms with Crippen LogP contribution in [0.1, 0.15) is 0 Å². The normalized spacial score (nSPS) is 11.8. The third kappa shape index (κ3) is 4.80. The summed E-state index contributed by atoms with van der Waals surface area (Å²) in [5, 5.41) is 24.1. The van der Waals surface area contributed by atoms with Crippen LogP contribution in [0.15, 0.2) is 12.4 Å². The lowest BCUT2D eigenvalue weighted by Crippen LogP contribution is -2.35. The Bertz CT molecular complexity index is 496. The highest BCUT2D eigenvalue weighted by molar-refractivity contribution is 5.20. The molecule has 0 aliphatic carbocycles. The molecule has 1 aromatic heterocycles. The summed E-state index contributed by atoms with van der Waals surface area (Å²) >= 11 is 0. The summed E-state index contributed by atoms with van der Waals surface area (Å²) in [5.74, 6) is 4.90. The number of aliphatic hydroxyl groups excluding tert-OH is 1. The van der Waals surface area contributed by atoms with E-state index in [4.69, 9.17) is 12.8 Å². The van der Waals surface area contributed by atoms with Crippen molar-refractivity contribution in [1.82, 2.24) is 14.7 Å². The number of nitrogens with zero attached hydrogens (tertiary/aromatic N) is 4. The summed E-state index contributed by atoms with van der Waals surface area (Å²) in [7, 11) is 0. The van der Waals surface area contributed by atoms with Gasteiger partial charge in [-0.1, -0.05) is 11.8 Å². The van der Waals surface area contributed by atoms with E-state index in [9.17, 15) is 15.2 Å². The number of hydrogen-bond donors (Lipinski definition) is 1. The van der Waals surface area contributed by atoms with E-state index in [1.165, 1.54) is 10.9 Å². The van der Waals surface area contributed by atoms with Gasteiger partial charge in [0.05, 0.1) is 30.7 Å². The van der Waals surface area contributed by atoms with E-state index < -0.39 is 11.0 Å². The first-order chi connectivity index (χ1) is 9.06. The predicted octanol–water partition coefficient (Wildman–Crippen LogP) is -0.279. The number of aliphatic hydroxyl groups is 1. The van der Waals surface area contributed by atoms with Gasteiger partial charge < -0.3 is 5.11 Å². The van der Waals surface area contributed by atoms with E-state index in [2.05, 4.69) is 16.9 Å². The molecule has 1 heterocycles. The number of nitro groups is 1. The van der Waals surface area contributed by atoms with E-state index in [0.29, 0.717) is 13.1 Å². The van der Waals surface area contributed by atoms with E-state index >= 15 is 0 Å². The monoisotopic (exact) mass is 262 g/mol. The van der Waals surface area contributed by atoms with Gasteiger partial charge in [0.25, 0.3) is 0 Å². The highest BCUT2D eigenvalue weighted by Gasteiger charge is 2.14. The number of terminal acetylenes is 2. The lowest BCUT2D eigenvalue weighted by Gasteiger charge is -2.20. The zero-order valence-electron chi connectivity index (χ0n) is 10.3. The van der Waals surface area contributed by atoms with Crippen molar-refractivity contribution in [2.45, 2.75) is 12.6 Å². The molecule has 0 spiro atoms. The fourth-order valence-corrected chi connectivity index (χ4v) is 1.56. The molecule has 19 heavy (non-hydrogen) atoms. The quantitative estimate of drug-likeness (QED) is 0.415. The Morgan fingerprint density at radius 3 is 2.63 bits per heavy atom. The molecule has 100 valence electrons. The molecule has 0 saturated heterocycles. The van der Waals surface area contributed by atoms with Gasteiger partial charge in [0.15, 0.2) is 0 Å². The molecule has 0 saturated carbocycles. The van der Waals surface area contributed by atoms with E-state index in [0.717, 1.165) is 6.20 Å². The Morgan fingerprint density at radius 1 is 1.53 bits per heavy atom. The van der Waals surface area contributed by atoms with Crippen molar-refractivity contribution in [1.29, 1.82) is 0 Å². The van der Waals surface area contributed by atoms with Crippen LogP contribution in [0.5, 0.6) is 0 Å². The van der Waals surface area contributed by atoms with Gasteiger partial charge in [-0.15, -0.1) is 12.8 Å². The summed E-state index contributed by atoms with van der Waals surface area (Å²) in [6.45, 7) is 1.09. The Hall–Kier alpha value is -2.35. The fraction of sp³-hybridized carbons (Fsp3) is 0.417. The molecular weight excluding hydrogens is 248 g/mol. The molecule has 0 aromatic carbocycles. The third-order valence-corrected chi connectivity index (χ3v) is 2.33. The average molecular weight is 262 g/mol. The molecule has 0 amide bonds. The van der Waals surface area contributed by atoms with Crippen LogP contribution in [0.25, 0.3) is 0 Å². The molecule has 0 bridgehead atoms. The summed E-state index contributed by atoms with van der Waals surface area (Å²) in [4.78, 5) is 11.7. The van der Waals surface area contributed by atoms with Gasteiger partial charge in [0.2, 0.25) is 0 Å². The second-order valence-electron chi connectivity index (χ2n) is 3.91. The maximum Gasteiger partial charge on any atom is 0.306 e. The van der Waals surface area contributed by atoms with Gasteiger partial charge >= 0.3 is 5.69 Å². The Labute approximate surface area is 111 Å². The van der Waals surface area contributed by atoms with Crippen molar-refractivity contribution in [2.24, 2.45) is 0 Å². The van der Waals surface area contributed by atoms with Crippen molar-refractivity contribution in [3.63, 3.8) is 0 Å². The Morgan fingerprint density at radius 2 is 2.16 bits per heavy atom. The largest absolute Gasteiger partial charge is 0.390 e. The highest BCUT2D eigenvalue weighted by Crippen LogP contribution is 2.08. The zero-order chi connectivity index (χ0) is 14.3. The van der Waals surface area contributed by atoms with Crippen LogP contribution < -0.4 is 0 Å². The van der Waals surface area contributed by atoms with Crippen molar-refractivity contribution in [3.8, 4) is 24.7 Å². The predicted molar refractivity (Wildman–Crippen MR) is 69.0 cm³/mol. The summed E-state index contributed by atoms with van der Waals surface area (Å²) in [6, 6.07) is 0. The maximum absolute atomic E-state index is 10.5. The van der Waals surface area contributed by atoms with Crippen LogP contribution in [0, 0.1) is 34.8 Å². The van der Waals surface area contributed by atoms with Crippen molar-refractivity contribution < 1.29 is 10.0 Å². The first-order valence-corrected chi connectivity index (χ1v) is 5.51. The van der Waals surface area contributed by atoms with Gasteiger partial charge in [-0.2, -0.15) is 5.10 Å². The van der Waals surface area contributed by atoms with Gasteiger partial charge in [0, 0.05) is 6.54 Å². The van der Waals surface area contributed by atoms with Crippen LogP contribution in [-0.2, 0) is 6.54 Å². The second-order valence-corrected chi connectivity index (χ2v) is 3.91. The summed E-state index contributed by atoms with van der Waals surface area (Å²) in [6.07, 6.45) is 12.0. The van der Waals surface area contributed by atoms with Crippen molar-refractivity contribution in [3.05, 3.63) is 22.5 Å². The molecule has 0 aliphatic rings. The van der Waals surface area contributed by atoms with Crippen molar-refractivity contribution >= 4 is 5.69 Å². The van der Waals surface area contributed by atoms with E-state index in [-0.39, 0.29) is 18.8 Å². The fourth-order valence-electron chi connectivity index (χ4n) is 1.56. The summed E-state index contributed by atoms with van der Waals surface area (Å²) < 4.78 is 1.31. The number of aromatic nitrogens is 2. The minimum absolute atomic E-state index is 0.115. The lowest BCUT2D eigenvalue weighted by molar-refractivity contribution is -0.385. The molecule has 0 fully saturated rings. The minimum atomic E-state index is -0.763. The SMILES string of the molecule is C#CCN(CC#C)CC(O)Cn1cc([N+](=O)[O-])cn1. The molecule has 1 atom stereocenters. The van der Waals surface area contributed by atoms with Crippen molar-refractivity contribution in [2.75, 3.05) is 19.6 Å². The first-order valence-electron chi connectivity index (χ1n) is 5.51. The lowest BCUT2D eigenvalue weighted by atomic mass is 10.3. The van der Waals surface area contributed by atoms with Crippen LogP contribution in [0.3, 0.4) is 0 Å². The minimum Gasteiger partial charge on any atom is -0.390 e. The number of hydrogen-bond acceptors (Lipinski definition) is 5. The molecule has 1 N–H and O–H groups in total.